The molecule has 8 fully saturated rings. The second-order valence-corrected chi connectivity index (χ2v) is 36.4. The normalized spacial score (nSPS) is 25.1. The molecule has 0 radical (unpaired) electrons. The van der Waals surface area contributed by atoms with Crippen LogP contribution in [0.4, 0.5) is 32.7 Å². The third-order valence-corrected chi connectivity index (χ3v) is 24.2. The lowest BCUT2D eigenvalue weighted by Gasteiger charge is -2.26. The summed E-state index contributed by atoms with van der Waals surface area (Å²) in [5.74, 6) is 6.62. The van der Waals surface area contributed by atoms with E-state index < -0.39 is 11.2 Å². The molecule has 17 rings (SSSR count). The number of piperidine rings is 3. The highest BCUT2D eigenvalue weighted by atomic mass is 79.9. The van der Waals surface area contributed by atoms with E-state index in [1.807, 2.05) is 75.7 Å². The molecular weight excluding hydrogens is 1400 g/mol. The number of hydrogen-bond acceptors (Lipinski definition) is 21. The quantitative estimate of drug-likeness (QED) is 0.0634. The van der Waals surface area contributed by atoms with E-state index in [0.717, 1.165) is 171 Å². The van der Waals surface area contributed by atoms with Gasteiger partial charge in [-0.2, -0.15) is 15.3 Å². The average molecular weight is 1500 g/mol. The van der Waals surface area contributed by atoms with Gasteiger partial charge in [0, 0.05) is 105 Å². The number of carbonyl (C=O) groups is 2. The number of ether oxygens (including phenoxy) is 4. The lowest BCUT2D eigenvalue weighted by Crippen LogP contribution is -2.38. The van der Waals surface area contributed by atoms with Crippen molar-refractivity contribution in [2.24, 2.45) is 47.2 Å². The van der Waals surface area contributed by atoms with Crippen LogP contribution in [0.15, 0.2) is 77.7 Å². The average Bonchev–Trinajstić information content (AvgIpc) is 1.53. The van der Waals surface area contributed by atoms with Gasteiger partial charge in [-0.1, -0.05) is 0 Å². The van der Waals surface area contributed by atoms with Crippen LogP contribution in [0.1, 0.15) is 140 Å². The number of likely N-dealkylation sites (tertiary alicyclic amines) is 2. The molecule has 3 aliphatic carbocycles. The Labute approximate surface area is 611 Å². The van der Waals surface area contributed by atoms with Gasteiger partial charge in [-0.15, -0.1) is 34.0 Å². The summed E-state index contributed by atoms with van der Waals surface area (Å²) in [7, 11) is 0. The predicted octanol–water partition coefficient (Wildman–Crippen LogP) is 15.3. The van der Waals surface area contributed by atoms with E-state index >= 15 is 0 Å². The largest absolute Gasteiger partial charge is 0.444 e. The second-order valence-electron chi connectivity index (χ2n) is 32.4. The van der Waals surface area contributed by atoms with Crippen LogP contribution < -0.4 is 32.7 Å². The summed E-state index contributed by atoms with van der Waals surface area (Å²) in [6.07, 6.45) is 12.8. The third-order valence-electron chi connectivity index (χ3n) is 19.8. The number of aromatic amines is 1. The summed E-state index contributed by atoms with van der Waals surface area (Å²) in [6.45, 7) is 31.3. The number of halogens is 1. The zero-order valence-electron chi connectivity index (χ0n) is 60.1. The molecule has 3 saturated carbocycles. The summed E-state index contributed by atoms with van der Waals surface area (Å²) < 4.78 is 31.6. The number of rotatable bonds is 11. The predicted molar refractivity (Wildman–Crippen MR) is 407 cm³/mol. The number of H-pyrrole nitrogens is 1. The van der Waals surface area contributed by atoms with Crippen LogP contribution in [-0.4, -0.2) is 154 Å². The number of nitrogens with two attached hydrogens (primary N) is 2. The van der Waals surface area contributed by atoms with Gasteiger partial charge >= 0.3 is 12.2 Å². The molecule has 2 amide bonds. The number of amides is 2. The SMILES string of the molecule is CC(C)(C)Nc1cc(Br)c2sc(-c3ccnn3C3CCCCO3)cc2n1.CC(C)(C)Nc1cc(CC2[C@H]3CN(C(=O)OC(C)(C)C)C[C@@H]23)c2sc(-c3ccnn3C3CCCCO3)cc2n1.CC(C)(C)OC(=O)N1C[C@@H]2C(N)[C@@H]2C1.Nc1cc(NC2[C@H]3CNC[C@@H]23)c2sc(-c3ccn[nH]3)cc2n1. The molecule has 0 bridgehead atoms. The number of fused-ring (bicyclic) bond motifs is 6. The Balaban J connectivity index is 0.000000121. The van der Waals surface area contributed by atoms with E-state index in [2.05, 4.69) is 151 Å². The van der Waals surface area contributed by atoms with E-state index in [4.69, 9.17) is 40.4 Å². The molecule has 23 nitrogen and oxygen atoms in total. The number of aromatic nitrogens is 9. The van der Waals surface area contributed by atoms with Crippen molar-refractivity contribution in [2.45, 2.75) is 175 Å². The van der Waals surface area contributed by atoms with Crippen molar-refractivity contribution < 1.29 is 28.5 Å². The summed E-state index contributed by atoms with van der Waals surface area (Å²) >= 11 is 8.97. The van der Waals surface area contributed by atoms with Gasteiger partial charge in [0.25, 0.3) is 0 Å². The first-order valence-electron chi connectivity index (χ1n) is 35.8. The van der Waals surface area contributed by atoms with Gasteiger partial charge < -0.3 is 61.5 Å². The first-order chi connectivity index (χ1) is 48.0. The smallest absolute Gasteiger partial charge is 0.410 e. The molecule has 0 aromatic carbocycles. The molecule has 0 spiro atoms. The van der Waals surface area contributed by atoms with Crippen LogP contribution in [0.5, 0.6) is 0 Å². The number of pyridine rings is 3. The van der Waals surface area contributed by atoms with Gasteiger partial charge in [-0.25, -0.2) is 33.9 Å². The van der Waals surface area contributed by atoms with Crippen LogP contribution in [0.2, 0.25) is 0 Å². The molecule has 9 aromatic heterocycles. The Morgan fingerprint density at radius 2 is 1.12 bits per heavy atom. The maximum absolute atomic E-state index is 12.6. The summed E-state index contributed by atoms with van der Waals surface area (Å²) in [5.41, 5.74) is 19.4. The van der Waals surface area contributed by atoms with Crippen LogP contribution in [0.25, 0.3) is 62.4 Å². The molecule has 9 aromatic rings. The molecule has 14 heterocycles. The summed E-state index contributed by atoms with van der Waals surface area (Å²) in [5, 5.41) is 30.3. The second kappa shape index (κ2) is 28.2. The number of nitrogens with one attached hydrogen (secondary N) is 5. The number of hydrogen-bond donors (Lipinski definition) is 7. The molecule has 101 heavy (non-hydrogen) atoms. The molecule has 5 unspecified atom stereocenters. The van der Waals surface area contributed by atoms with E-state index in [9.17, 15) is 9.59 Å². The summed E-state index contributed by atoms with van der Waals surface area (Å²) in [6, 6.07) is 19.7. The Kier molecular flexibility index (Phi) is 19.9. The van der Waals surface area contributed by atoms with E-state index in [1.54, 1.807) is 45.1 Å². The number of carbonyl (C=O) groups excluding carboxylic acids is 2. The van der Waals surface area contributed by atoms with Crippen LogP contribution in [-0.2, 0) is 25.4 Å². The van der Waals surface area contributed by atoms with Crippen molar-refractivity contribution in [3.63, 3.8) is 0 Å². The minimum Gasteiger partial charge on any atom is -0.444 e. The number of thiophene rings is 3. The first kappa shape index (κ1) is 71.0. The van der Waals surface area contributed by atoms with Crippen molar-refractivity contribution in [2.75, 3.05) is 74.2 Å². The van der Waals surface area contributed by atoms with Crippen LogP contribution in [0.3, 0.4) is 0 Å². The fourth-order valence-electron chi connectivity index (χ4n) is 14.9. The van der Waals surface area contributed by atoms with Crippen molar-refractivity contribution in [1.29, 1.82) is 0 Å². The Bertz CT molecular complexity index is 4400. The highest BCUT2D eigenvalue weighted by molar-refractivity contribution is 9.10. The van der Waals surface area contributed by atoms with Crippen LogP contribution >= 0.6 is 49.9 Å². The monoisotopic (exact) mass is 1500 g/mol. The van der Waals surface area contributed by atoms with Gasteiger partial charge in [0.15, 0.2) is 12.5 Å². The maximum atomic E-state index is 12.6. The Morgan fingerprint density at radius 3 is 1.63 bits per heavy atom. The topological polar surface area (TPSA) is 281 Å². The Hall–Kier alpha value is -6.98. The van der Waals surface area contributed by atoms with Gasteiger partial charge in [-0.05, 0) is 239 Å². The standard InChI is InChI=1S/C30H41N5O3S.C19H23BrN4OS.C15H16N6S.C10H18N2O2/c1-29(2,3)33-25-14-18(13-19-20-16-34(17-21(19)20)28(36)38-30(4,5)6)27-22(32-25)15-24(39-27)23-10-11-31-35(23)26-9-7-8-12-37-26;1-19(2,3)23-16-10-12(20)18-13(22-16)11-15(26-18)14-7-8-21-24(14)17-6-4-5-9-25-17;16-13-4-11(20-14-7-5-17-6-8(7)14)15-10(19-13)3-12(22-15)9-1-2-18-21-9;1-10(2,3)14-9(13)12-4-6-7(5-12)8(6)11/h10-11,14-15,19-21,26H,7-9,12-13,16-17H2,1-6H3,(H,32,33);7-8,10-11,17H,4-6,9H2,1-3H3,(H,22,23);1-4,7-8,14,17H,5-6H2,(H,18,21)(H3,16,19,20);6-8H,4-5,11H2,1-3H3/t19?,20-,21+,26?;;7-,8+,14?;6-,7+,8?. The summed E-state index contributed by atoms with van der Waals surface area (Å²) in [4.78, 5) is 45.6. The molecular formula is C74H98BrN17O6S3. The molecule has 9 N–H and O–H groups in total. The number of anilines is 4. The molecule has 5 saturated heterocycles. The molecule has 27 heteroatoms. The highest BCUT2D eigenvalue weighted by Crippen LogP contribution is 2.55. The van der Waals surface area contributed by atoms with Crippen molar-refractivity contribution in [3.05, 3.63) is 83.2 Å². The molecule has 5 aliphatic heterocycles. The molecule has 11 atom stereocenters. The lowest BCUT2D eigenvalue weighted by atomic mass is 10.0. The van der Waals surface area contributed by atoms with Crippen LogP contribution in [0, 0.1) is 41.4 Å². The fourth-order valence-corrected chi connectivity index (χ4v) is 18.8. The number of nitrogen functional groups attached to an aromatic ring is 1. The van der Waals surface area contributed by atoms with E-state index in [-0.39, 0.29) is 35.7 Å². The zero-order chi connectivity index (χ0) is 71.0. The Morgan fingerprint density at radius 1 is 0.614 bits per heavy atom. The minimum absolute atomic E-state index is 0.00160. The van der Waals surface area contributed by atoms with Gasteiger partial charge in [0.05, 0.1) is 68.1 Å². The van der Waals surface area contributed by atoms with Gasteiger partial charge in [0.1, 0.15) is 28.7 Å². The molecule has 8 aliphatic rings. The zero-order valence-corrected chi connectivity index (χ0v) is 64.1. The first-order valence-corrected chi connectivity index (χ1v) is 39.1. The van der Waals surface area contributed by atoms with Gasteiger partial charge in [-0.3, -0.25) is 5.10 Å². The fraction of sp³-hybridized carbons (Fsp3) is 0.568. The minimum atomic E-state index is -0.461. The van der Waals surface area contributed by atoms with Crippen molar-refractivity contribution >= 4 is 116 Å². The van der Waals surface area contributed by atoms with Crippen molar-refractivity contribution in [1.82, 2.24) is 59.8 Å². The van der Waals surface area contributed by atoms with Crippen molar-refractivity contribution in [3.8, 4) is 31.7 Å². The molecule has 540 valence electrons. The van der Waals surface area contributed by atoms with Gasteiger partial charge in [0.2, 0.25) is 0 Å². The lowest BCUT2D eigenvalue weighted by molar-refractivity contribution is -0.0384. The highest BCUT2D eigenvalue weighted by Gasteiger charge is 2.57. The van der Waals surface area contributed by atoms with E-state index in [1.165, 1.54) is 28.0 Å². The third kappa shape index (κ3) is 16.5. The number of nitrogens with zero attached hydrogens (tertiary/aromatic N) is 10. The van der Waals surface area contributed by atoms with E-state index in [0.29, 0.717) is 47.5 Å². The maximum Gasteiger partial charge on any atom is 0.410 e.